The highest BCUT2D eigenvalue weighted by molar-refractivity contribution is 5.87. The number of hydrogen-bond donors (Lipinski definition) is 1. The van der Waals surface area contributed by atoms with Gasteiger partial charge < -0.3 is 14.6 Å². The maximum atomic E-state index is 11.7. The van der Waals surface area contributed by atoms with E-state index in [2.05, 4.69) is 4.74 Å². The molecule has 0 radical (unpaired) electrons. The fourth-order valence-corrected chi connectivity index (χ4v) is 1.31. The molecule has 1 N–H and O–H groups in total. The minimum atomic E-state index is -1.18. The quantitative estimate of drug-likeness (QED) is 0.715. The number of nitrogens with zero attached hydrogens (tertiary/aromatic N) is 1. The zero-order chi connectivity index (χ0) is 13.2. The molecule has 1 amide bonds. The molecule has 0 aromatic rings. The highest BCUT2D eigenvalue weighted by Gasteiger charge is 2.41. The van der Waals surface area contributed by atoms with Crippen LogP contribution in [-0.4, -0.2) is 46.4 Å². The molecule has 1 unspecified atom stereocenters. The van der Waals surface area contributed by atoms with Gasteiger partial charge in [-0.2, -0.15) is 0 Å². The Hall–Kier alpha value is -1.79. The van der Waals surface area contributed by atoms with Crippen molar-refractivity contribution in [2.24, 2.45) is 0 Å². The van der Waals surface area contributed by atoms with Crippen molar-refractivity contribution in [3.05, 3.63) is 0 Å². The van der Waals surface area contributed by atoms with Crippen LogP contribution in [-0.2, 0) is 19.1 Å². The summed E-state index contributed by atoms with van der Waals surface area (Å²) in [7, 11) is 0. The number of carbonyl (C=O) groups excluding carboxylic acids is 2. The first-order chi connectivity index (χ1) is 7.70. The van der Waals surface area contributed by atoms with Crippen molar-refractivity contribution in [3.63, 3.8) is 0 Å². The predicted molar refractivity (Wildman–Crippen MR) is 55.1 cm³/mol. The number of amides is 1. The van der Waals surface area contributed by atoms with Gasteiger partial charge >= 0.3 is 18.0 Å². The highest BCUT2D eigenvalue weighted by atomic mass is 16.6. The molecule has 0 aromatic heterocycles. The lowest BCUT2D eigenvalue weighted by atomic mass is 10.2. The first-order valence-electron chi connectivity index (χ1n) is 5.09. The summed E-state index contributed by atoms with van der Waals surface area (Å²) >= 11 is 0. The molecular weight excluding hydrogens is 230 g/mol. The molecule has 7 nitrogen and oxygen atoms in total. The van der Waals surface area contributed by atoms with Crippen LogP contribution >= 0.6 is 0 Å². The summed E-state index contributed by atoms with van der Waals surface area (Å²) in [4.78, 5) is 34.5. The number of carbonyl (C=O) groups is 3. The third kappa shape index (κ3) is 3.61. The van der Waals surface area contributed by atoms with Gasteiger partial charge in [0.05, 0.1) is 6.42 Å². The van der Waals surface area contributed by atoms with Gasteiger partial charge in [0.25, 0.3) is 0 Å². The van der Waals surface area contributed by atoms with Crippen LogP contribution in [0.5, 0.6) is 0 Å². The average Bonchev–Trinajstić information content (AvgIpc) is 2.44. The Morgan fingerprint density at radius 3 is 2.59 bits per heavy atom. The van der Waals surface area contributed by atoms with Crippen molar-refractivity contribution in [2.75, 3.05) is 6.73 Å². The summed E-state index contributed by atoms with van der Waals surface area (Å²) in [5.41, 5.74) is -0.712. The number of hydrogen-bond acceptors (Lipinski definition) is 5. The molecule has 96 valence electrons. The normalized spacial score (nSPS) is 20.1. The van der Waals surface area contributed by atoms with E-state index in [-0.39, 0.29) is 6.73 Å². The first-order valence-corrected chi connectivity index (χ1v) is 5.09. The summed E-state index contributed by atoms with van der Waals surface area (Å²) in [6.07, 6.45) is -1.24. The van der Waals surface area contributed by atoms with Crippen LogP contribution in [0, 0.1) is 0 Å². The van der Waals surface area contributed by atoms with Gasteiger partial charge in [-0.3, -0.25) is 9.69 Å². The lowest BCUT2D eigenvalue weighted by Gasteiger charge is -2.25. The Kier molecular flexibility index (Phi) is 3.59. The predicted octanol–water partition coefficient (Wildman–Crippen LogP) is 0.581. The molecule has 0 spiro atoms. The number of aliphatic carboxylic acids is 1. The maximum Gasteiger partial charge on any atom is 0.413 e. The Labute approximate surface area is 98.3 Å². The first kappa shape index (κ1) is 13.3. The smallest absolute Gasteiger partial charge is 0.413 e. The topological polar surface area (TPSA) is 93.1 Å². The van der Waals surface area contributed by atoms with Crippen molar-refractivity contribution in [3.8, 4) is 0 Å². The largest absolute Gasteiger partial charge is 0.481 e. The van der Waals surface area contributed by atoms with E-state index in [0.717, 1.165) is 4.90 Å². The summed E-state index contributed by atoms with van der Waals surface area (Å²) in [5, 5.41) is 8.64. The Bertz CT molecular complexity index is 345. The van der Waals surface area contributed by atoms with E-state index in [1.807, 2.05) is 0 Å². The van der Waals surface area contributed by atoms with Gasteiger partial charge in [0.15, 0.2) is 6.73 Å². The molecule has 1 rings (SSSR count). The molecule has 0 aromatic carbocycles. The van der Waals surface area contributed by atoms with E-state index in [9.17, 15) is 14.4 Å². The summed E-state index contributed by atoms with van der Waals surface area (Å²) in [5.74, 6) is -1.90. The molecule has 1 aliphatic rings. The number of esters is 1. The number of ether oxygens (including phenoxy) is 2. The maximum absolute atomic E-state index is 11.7. The van der Waals surface area contributed by atoms with Crippen LogP contribution in [0.3, 0.4) is 0 Å². The molecule has 0 bridgehead atoms. The standard InChI is InChI=1S/C10H15NO6/c1-10(2,3)17-9(15)11-5-16-8(14)6(11)4-7(12)13/h6H,4-5H2,1-3H3,(H,12,13). The SMILES string of the molecule is CC(C)(C)OC(=O)N1COC(=O)C1CC(=O)O. The summed E-state index contributed by atoms with van der Waals surface area (Å²) in [6.45, 7) is 4.76. The minimum absolute atomic E-state index is 0.272. The molecule has 1 heterocycles. The molecule has 1 fully saturated rings. The molecule has 1 aliphatic heterocycles. The van der Waals surface area contributed by atoms with Crippen LogP contribution in [0.2, 0.25) is 0 Å². The number of cyclic esters (lactones) is 1. The van der Waals surface area contributed by atoms with E-state index >= 15 is 0 Å². The minimum Gasteiger partial charge on any atom is -0.481 e. The summed E-state index contributed by atoms with van der Waals surface area (Å²) in [6, 6.07) is -1.11. The number of rotatable bonds is 2. The second-order valence-electron chi connectivity index (χ2n) is 4.66. The van der Waals surface area contributed by atoms with Crippen molar-refractivity contribution in [1.82, 2.24) is 4.90 Å². The molecule has 0 saturated carbocycles. The van der Waals surface area contributed by atoms with E-state index in [1.54, 1.807) is 20.8 Å². The fourth-order valence-electron chi connectivity index (χ4n) is 1.31. The van der Waals surface area contributed by atoms with Crippen molar-refractivity contribution in [1.29, 1.82) is 0 Å². The van der Waals surface area contributed by atoms with Gasteiger partial charge in [-0.1, -0.05) is 0 Å². The molecule has 1 atom stereocenters. The third-order valence-corrected chi connectivity index (χ3v) is 1.99. The average molecular weight is 245 g/mol. The molecule has 1 saturated heterocycles. The highest BCUT2D eigenvalue weighted by Crippen LogP contribution is 2.18. The monoisotopic (exact) mass is 245 g/mol. The third-order valence-electron chi connectivity index (χ3n) is 1.99. The van der Waals surface area contributed by atoms with E-state index in [4.69, 9.17) is 9.84 Å². The van der Waals surface area contributed by atoms with Gasteiger partial charge in [0, 0.05) is 0 Å². The van der Waals surface area contributed by atoms with Gasteiger partial charge in [-0.15, -0.1) is 0 Å². The van der Waals surface area contributed by atoms with Gasteiger partial charge in [0.2, 0.25) is 0 Å². The second kappa shape index (κ2) is 4.60. The van der Waals surface area contributed by atoms with Gasteiger partial charge in [-0.05, 0) is 20.8 Å². The molecular formula is C10H15NO6. The Morgan fingerprint density at radius 2 is 2.12 bits per heavy atom. The Balaban J connectivity index is 2.72. The van der Waals surface area contributed by atoms with Gasteiger partial charge in [0.1, 0.15) is 11.6 Å². The van der Waals surface area contributed by atoms with Crippen molar-refractivity contribution in [2.45, 2.75) is 38.8 Å². The molecule has 7 heteroatoms. The van der Waals surface area contributed by atoms with Crippen molar-refractivity contribution < 1.29 is 29.0 Å². The van der Waals surface area contributed by atoms with Crippen LogP contribution < -0.4 is 0 Å². The zero-order valence-corrected chi connectivity index (χ0v) is 9.93. The van der Waals surface area contributed by atoms with Crippen LogP contribution in [0.1, 0.15) is 27.2 Å². The van der Waals surface area contributed by atoms with Crippen LogP contribution in [0.15, 0.2) is 0 Å². The summed E-state index contributed by atoms with van der Waals surface area (Å²) < 4.78 is 9.68. The Morgan fingerprint density at radius 1 is 1.53 bits per heavy atom. The van der Waals surface area contributed by atoms with Crippen LogP contribution in [0.25, 0.3) is 0 Å². The van der Waals surface area contributed by atoms with E-state index in [1.165, 1.54) is 0 Å². The second-order valence-corrected chi connectivity index (χ2v) is 4.66. The fraction of sp³-hybridized carbons (Fsp3) is 0.700. The lowest BCUT2D eigenvalue weighted by molar-refractivity contribution is -0.144. The molecule has 0 aliphatic carbocycles. The zero-order valence-electron chi connectivity index (χ0n) is 9.93. The number of carboxylic acids is 1. The van der Waals surface area contributed by atoms with Crippen molar-refractivity contribution >= 4 is 18.0 Å². The van der Waals surface area contributed by atoms with E-state index in [0.29, 0.717) is 0 Å². The van der Waals surface area contributed by atoms with Gasteiger partial charge in [-0.25, -0.2) is 9.59 Å². The lowest BCUT2D eigenvalue weighted by Crippen LogP contribution is -2.42. The number of carboxylic acid groups (broad SMARTS) is 1. The van der Waals surface area contributed by atoms with E-state index < -0.39 is 36.1 Å². The van der Waals surface area contributed by atoms with Crippen LogP contribution in [0.4, 0.5) is 4.79 Å². The molecule has 17 heavy (non-hydrogen) atoms.